The number of hydrogen-bond donors (Lipinski definition) is 1. The van der Waals surface area contributed by atoms with E-state index in [1.54, 1.807) is 0 Å². The van der Waals surface area contributed by atoms with Crippen LogP contribution in [0.4, 0.5) is 0 Å². The lowest BCUT2D eigenvalue weighted by Gasteiger charge is -2.50. The molecule has 2 atom stereocenters. The Hall–Kier alpha value is -2.42. The van der Waals surface area contributed by atoms with Crippen molar-refractivity contribution in [3.63, 3.8) is 0 Å². The first-order valence-corrected chi connectivity index (χ1v) is 10.4. The van der Waals surface area contributed by atoms with E-state index in [1.807, 2.05) is 0 Å². The number of hydrogen-bond acceptors (Lipinski definition) is 2. The fourth-order valence-corrected chi connectivity index (χ4v) is 4.84. The van der Waals surface area contributed by atoms with Crippen LogP contribution in [0.1, 0.15) is 30.0 Å². The second-order valence-corrected chi connectivity index (χ2v) is 7.92. The number of piperidine rings is 1. The molecular weight excluding hydrogens is 340 g/mol. The summed E-state index contributed by atoms with van der Waals surface area (Å²) in [5.41, 5.74) is 3.70. The van der Waals surface area contributed by atoms with E-state index in [-0.39, 0.29) is 5.54 Å². The second kappa shape index (κ2) is 8.30. The van der Waals surface area contributed by atoms with E-state index in [4.69, 9.17) is 0 Å². The fourth-order valence-electron chi connectivity index (χ4n) is 4.84. The van der Waals surface area contributed by atoms with Crippen molar-refractivity contribution < 1.29 is 0 Å². The van der Waals surface area contributed by atoms with Gasteiger partial charge >= 0.3 is 0 Å². The van der Waals surface area contributed by atoms with Crippen molar-refractivity contribution in [3.8, 4) is 0 Å². The van der Waals surface area contributed by atoms with Crippen LogP contribution in [0.15, 0.2) is 91.0 Å². The van der Waals surface area contributed by atoms with Gasteiger partial charge in [-0.05, 0) is 36.1 Å². The van der Waals surface area contributed by atoms with Crippen LogP contribution in [0.5, 0.6) is 0 Å². The number of nitrogens with zero attached hydrogens (tertiary/aromatic N) is 1. The van der Waals surface area contributed by atoms with Gasteiger partial charge in [0.25, 0.3) is 0 Å². The van der Waals surface area contributed by atoms with Crippen LogP contribution in [0.2, 0.25) is 0 Å². The van der Waals surface area contributed by atoms with Gasteiger partial charge in [0.15, 0.2) is 0 Å². The number of likely N-dealkylation sites (N-methyl/N-ethyl adjacent to an activating group) is 1. The van der Waals surface area contributed by atoms with Crippen LogP contribution >= 0.6 is 0 Å². The first kappa shape index (κ1) is 18.9. The molecule has 144 valence electrons. The van der Waals surface area contributed by atoms with Gasteiger partial charge in [0.05, 0.1) is 5.54 Å². The van der Waals surface area contributed by atoms with Crippen molar-refractivity contribution in [1.29, 1.82) is 0 Å². The van der Waals surface area contributed by atoms with Gasteiger partial charge in [0, 0.05) is 19.1 Å². The number of rotatable bonds is 5. The molecule has 1 fully saturated rings. The average molecular weight is 371 g/mol. The molecule has 3 aromatic carbocycles. The predicted octanol–water partition coefficient (Wildman–Crippen LogP) is 4.91. The van der Waals surface area contributed by atoms with E-state index in [2.05, 4.69) is 115 Å². The van der Waals surface area contributed by atoms with Gasteiger partial charge in [0.2, 0.25) is 0 Å². The molecule has 1 saturated heterocycles. The smallest absolute Gasteiger partial charge is 0.0973 e. The summed E-state index contributed by atoms with van der Waals surface area (Å²) in [4.78, 5) is 2.69. The Labute approximate surface area is 169 Å². The Kier molecular flexibility index (Phi) is 5.61. The molecule has 0 unspecified atom stereocenters. The maximum Gasteiger partial charge on any atom is 0.0973 e. The normalized spacial score (nSPS) is 20.8. The molecule has 1 aliphatic heterocycles. The predicted molar refractivity (Wildman–Crippen MR) is 117 cm³/mol. The largest absolute Gasteiger partial charge is 0.315 e. The van der Waals surface area contributed by atoms with Gasteiger partial charge in [-0.2, -0.15) is 0 Å². The molecular formula is C26H30N2. The van der Waals surface area contributed by atoms with Gasteiger partial charge < -0.3 is 5.32 Å². The average Bonchev–Trinajstić information content (AvgIpc) is 2.77. The minimum Gasteiger partial charge on any atom is -0.315 e. The number of nitrogens with one attached hydrogen (secondary N) is 1. The topological polar surface area (TPSA) is 15.3 Å². The van der Waals surface area contributed by atoms with Gasteiger partial charge in [-0.1, -0.05) is 97.9 Å². The summed E-state index contributed by atoms with van der Waals surface area (Å²) >= 11 is 0. The Bertz CT molecular complexity index is 764. The van der Waals surface area contributed by atoms with Crippen LogP contribution in [0, 0.1) is 5.92 Å². The SMILES string of the molecule is CN[C@H]1CN(C(c2ccccc2)(c2ccccc2)c2ccccc2)CC[C@H]1C. The van der Waals surface area contributed by atoms with Crippen molar-refractivity contribution in [2.45, 2.75) is 24.9 Å². The maximum atomic E-state index is 3.57. The van der Waals surface area contributed by atoms with Gasteiger partial charge in [0.1, 0.15) is 0 Å². The minimum absolute atomic E-state index is 0.293. The van der Waals surface area contributed by atoms with Gasteiger partial charge in [-0.3, -0.25) is 4.90 Å². The summed E-state index contributed by atoms with van der Waals surface area (Å²) in [5, 5.41) is 3.57. The molecule has 2 heteroatoms. The Morgan fingerprint density at radius 1 is 0.750 bits per heavy atom. The third kappa shape index (κ3) is 3.28. The molecule has 28 heavy (non-hydrogen) atoms. The molecule has 2 nitrogen and oxygen atoms in total. The zero-order chi connectivity index (χ0) is 19.4. The van der Waals surface area contributed by atoms with Crippen LogP contribution in [-0.2, 0) is 5.54 Å². The Balaban J connectivity index is 1.96. The monoisotopic (exact) mass is 370 g/mol. The molecule has 0 amide bonds. The summed E-state index contributed by atoms with van der Waals surface area (Å²) in [6.45, 7) is 4.47. The van der Waals surface area contributed by atoms with Gasteiger partial charge in [-0.15, -0.1) is 0 Å². The van der Waals surface area contributed by atoms with Crippen molar-refractivity contribution in [2.75, 3.05) is 20.1 Å². The van der Waals surface area contributed by atoms with E-state index in [0.29, 0.717) is 12.0 Å². The second-order valence-electron chi connectivity index (χ2n) is 7.92. The molecule has 1 heterocycles. The summed E-state index contributed by atoms with van der Waals surface area (Å²) in [7, 11) is 2.10. The molecule has 0 bridgehead atoms. The van der Waals surface area contributed by atoms with E-state index < -0.39 is 0 Å². The highest BCUT2D eigenvalue weighted by molar-refractivity contribution is 5.49. The standard InChI is InChI=1S/C26H30N2/c1-21-18-19-28(20-25(21)27-2)26(22-12-6-3-7-13-22,23-14-8-4-9-15-23)24-16-10-5-11-17-24/h3-17,21,25,27H,18-20H2,1-2H3/t21-,25+/m1/s1. The van der Waals surface area contributed by atoms with Crippen molar-refractivity contribution in [3.05, 3.63) is 108 Å². The molecule has 1 N–H and O–H groups in total. The lowest BCUT2D eigenvalue weighted by molar-refractivity contribution is 0.0818. The van der Waals surface area contributed by atoms with Crippen LogP contribution in [0.25, 0.3) is 0 Å². The summed E-state index contributed by atoms with van der Waals surface area (Å²) in [6.07, 6.45) is 1.19. The molecule has 0 radical (unpaired) electrons. The van der Waals surface area contributed by atoms with Crippen molar-refractivity contribution >= 4 is 0 Å². The quantitative estimate of drug-likeness (QED) is 0.642. The van der Waals surface area contributed by atoms with E-state index in [9.17, 15) is 0 Å². The molecule has 1 aliphatic rings. The maximum absolute atomic E-state index is 3.57. The first-order chi connectivity index (χ1) is 13.8. The summed E-state index contributed by atoms with van der Waals surface area (Å²) < 4.78 is 0. The zero-order valence-electron chi connectivity index (χ0n) is 16.9. The third-order valence-electron chi connectivity index (χ3n) is 6.38. The highest BCUT2D eigenvalue weighted by atomic mass is 15.2. The third-order valence-corrected chi connectivity index (χ3v) is 6.38. The molecule has 0 aromatic heterocycles. The van der Waals surface area contributed by atoms with Crippen LogP contribution < -0.4 is 5.32 Å². The summed E-state index contributed by atoms with van der Waals surface area (Å²) in [5.74, 6) is 0.682. The molecule has 3 aromatic rings. The molecule has 4 rings (SSSR count). The Morgan fingerprint density at radius 3 is 1.57 bits per heavy atom. The van der Waals surface area contributed by atoms with E-state index in [0.717, 1.165) is 13.1 Å². The van der Waals surface area contributed by atoms with E-state index in [1.165, 1.54) is 23.1 Å². The van der Waals surface area contributed by atoms with Crippen molar-refractivity contribution in [2.24, 2.45) is 5.92 Å². The number of benzene rings is 3. The highest BCUT2D eigenvalue weighted by Crippen LogP contribution is 2.44. The van der Waals surface area contributed by atoms with Gasteiger partial charge in [-0.25, -0.2) is 0 Å². The molecule has 0 spiro atoms. The fraction of sp³-hybridized carbons (Fsp3) is 0.308. The first-order valence-electron chi connectivity index (χ1n) is 10.4. The van der Waals surface area contributed by atoms with Crippen LogP contribution in [0.3, 0.4) is 0 Å². The number of likely N-dealkylation sites (tertiary alicyclic amines) is 1. The van der Waals surface area contributed by atoms with E-state index >= 15 is 0 Å². The van der Waals surface area contributed by atoms with Crippen LogP contribution in [-0.4, -0.2) is 31.1 Å². The Morgan fingerprint density at radius 2 is 1.18 bits per heavy atom. The zero-order valence-corrected chi connectivity index (χ0v) is 16.9. The highest BCUT2D eigenvalue weighted by Gasteiger charge is 2.44. The summed E-state index contributed by atoms with van der Waals surface area (Å²) in [6, 6.07) is 33.5. The minimum atomic E-state index is -0.293. The van der Waals surface area contributed by atoms with Crippen molar-refractivity contribution in [1.82, 2.24) is 10.2 Å². The molecule has 0 aliphatic carbocycles. The lowest BCUT2D eigenvalue weighted by Crippen LogP contribution is -2.57. The molecule has 0 saturated carbocycles. The lowest BCUT2D eigenvalue weighted by atomic mass is 9.74.